The summed E-state index contributed by atoms with van der Waals surface area (Å²) >= 11 is 0. The predicted octanol–water partition coefficient (Wildman–Crippen LogP) is 3.21. The molecule has 0 N–H and O–H groups in total. The Morgan fingerprint density at radius 3 is 2.66 bits per heavy atom. The van der Waals surface area contributed by atoms with Crippen molar-refractivity contribution in [3.05, 3.63) is 65.6 Å². The minimum absolute atomic E-state index is 0.382. The number of rotatable bonds is 4. The van der Waals surface area contributed by atoms with Crippen LogP contribution in [0.25, 0.3) is 17.0 Å². The average Bonchev–Trinajstić information content (AvgIpc) is 3.34. The maximum Gasteiger partial charge on any atom is 0.177 e. The van der Waals surface area contributed by atoms with Crippen molar-refractivity contribution in [3.63, 3.8) is 0 Å². The SMILES string of the molecule is Cc1cccc(CN2CCC(c3nnc4ccc(-c5ccnn5C)nn34)CC2)c1. The van der Waals surface area contributed by atoms with E-state index in [4.69, 9.17) is 5.10 Å². The van der Waals surface area contributed by atoms with Crippen molar-refractivity contribution in [3.8, 4) is 11.4 Å². The summed E-state index contributed by atoms with van der Waals surface area (Å²) in [6.45, 7) is 5.29. The average molecular weight is 387 g/mol. The quantitative estimate of drug-likeness (QED) is 0.538. The van der Waals surface area contributed by atoms with Crippen molar-refractivity contribution in [2.45, 2.75) is 32.2 Å². The van der Waals surface area contributed by atoms with Gasteiger partial charge in [-0.15, -0.1) is 10.2 Å². The fraction of sp³-hybridized carbons (Fsp3) is 0.364. The van der Waals surface area contributed by atoms with E-state index < -0.39 is 0 Å². The van der Waals surface area contributed by atoms with E-state index in [1.165, 1.54) is 11.1 Å². The van der Waals surface area contributed by atoms with Crippen molar-refractivity contribution in [2.24, 2.45) is 7.05 Å². The van der Waals surface area contributed by atoms with Crippen LogP contribution in [0.2, 0.25) is 0 Å². The van der Waals surface area contributed by atoms with E-state index in [2.05, 4.69) is 51.4 Å². The zero-order chi connectivity index (χ0) is 19.8. The van der Waals surface area contributed by atoms with E-state index in [0.29, 0.717) is 5.92 Å². The molecular formula is C22H25N7. The molecule has 3 aromatic heterocycles. The summed E-state index contributed by atoms with van der Waals surface area (Å²) in [5, 5.41) is 17.9. The standard InChI is InChI=1S/C22H25N7/c1-16-4-3-5-17(14-16)15-28-12-9-18(10-13-28)22-25-24-21-7-6-19(26-29(21)22)20-8-11-23-27(20)2/h3-8,11,14,18H,9-10,12-13,15H2,1-2H3. The van der Waals surface area contributed by atoms with Crippen LogP contribution in [0.5, 0.6) is 0 Å². The van der Waals surface area contributed by atoms with Crippen molar-refractivity contribution < 1.29 is 0 Å². The van der Waals surface area contributed by atoms with Gasteiger partial charge in [0.25, 0.3) is 0 Å². The molecule has 7 nitrogen and oxygen atoms in total. The predicted molar refractivity (Wildman–Crippen MR) is 111 cm³/mol. The Labute approximate surface area is 170 Å². The van der Waals surface area contributed by atoms with Gasteiger partial charge >= 0.3 is 0 Å². The summed E-state index contributed by atoms with van der Waals surface area (Å²) in [7, 11) is 1.93. The number of benzene rings is 1. The lowest BCUT2D eigenvalue weighted by Gasteiger charge is -2.31. The molecule has 0 unspecified atom stereocenters. The Kier molecular flexibility index (Phi) is 4.60. The van der Waals surface area contributed by atoms with Gasteiger partial charge in [-0.3, -0.25) is 9.58 Å². The van der Waals surface area contributed by atoms with Crippen molar-refractivity contribution >= 4 is 5.65 Å². The Balaban J connectivity index is 1.33. The molecule has 4 aromatic rings. The third-order valence-corrected chi connectivity index (χ3v) is 5.81. The monoisotopic (exact) mass is 387 g/mol. The molecule has 0 spiro atoms. The number of hydrogen-bond acceptors (Lipinski definition) is 5. The van der Waals surface area contributed by atoms with Gasteiger partial charge in [0.15, 0.2) is 11.5 Å². The van der Waals surface area contributed by atoms with Crippen molar-refractivity contribution in [2.75, 3.05) is 13.1 Å². The second kappa shape index (κ2) is 7.40. The minimum atomic E-state index is 0.382. The van der Waals surface area contributed by atoms with Crippen LogP contribution in [-0.4, -0.2) is 47.6 Å². The molecule has 4 heterocycles. The van der Waals surface area contributed by atoms with Gasteiger partial charge in [0.1, 0.15) is 5.69 Å². The van der Waals surface area contributed by atoms with Gasteiger partial charge < -0.3 is 0 Å². The van der Waals surface area contributed by atoms with Gasteiger partial charge in [0.05, 0.1) is 5.69 Å². The normalized spacial score (nSPS) is 15.9. The molecule has 1 aliphatic rings. The van der Waals surface area contributed by atoms with Crippen LogP contribution in [0.3, 0.4) is 0 Å². The lowest BCUT2D eigenvalue weighted by molar-refractivity contribution is 0.201. The van der Waals surface area contributed by atoms with Crippen LogP contribution < -0.4 is 0 Å². The first kappa shape index (κ1) is 18.0. The highest BCUT2D eigenvalue weighted by atomic mass is 15.4. The van der Waals surface area contributed by atoms with Gasteiger partial charge in [-0.05, 0) is 56.6 Å². The van der Waals surface area contributed by atoms with Crippen molar-refractivity contribution in [1.29, 1.82) is 0 Å². The van der Waals surface area contributed by atoms with Crippen LogP contribution in [-0.2, 0) is 13.6 Å². The summed E-state index contributed by atoms with van der Waals surface area (Å²) in [6.07, 6.45) is 3.94. The number of likely N-dealkylation sites (tertiary alicyclic amines) is 1. The summed E-state index contributed by atoms with van der Waals surface area (Å²) < 4.78 is 3.76. The maximum atomic E-state index is 4.83. The number of hydrogen-bond donors (Lipinski definition) is 0. The molecule has 148 valence electrons. The van der Waals surface area contributed by atoms with Crippen LogP contribution in [0.15, 0.2) is 48.7 Å². The Morgan fingerprint density at radius 2 is 1.90 bits per heavy atom. The van der Waals surface area contributed by atoms with Crippen molar-refractivity contribution in [1.82, 2.24) is 34.5 Å². The molecule has 0 bridgehead atoms. The number of piperidine rings is 1. The van der Waals surface area contributed by atoms with E-state index in [1.807, 2.05) is 34.4 Å². The van der Waals surface area contributed by atoms with Crippen LogP contribution in [0, 0.1) is 6.92 Å². The molecule has 0 amide bonds. The Morgan fingerprint density at radius 1 is 1.03 bits per heavy atom. The highest BCUT2D eigenvalue weighted by Gasteiger charge is 2.25. The fourth-order valence-electron chi connectivity index (χ4n) is 4.24. The molecule has 7 heteroatoms. The lowest BCUT2D eigenvalue weighted by Crippen LogP contribution is -2.33. The molecule has 0 radical (unpaired) electrons. The number of aryl methyl sites for hydroxylation is 2. The van der Waals surface area contributed by atoms with Crippen LogP contribution in [0.1, 0.15) is 35.7 Å². The summed E-state index contributed by atoms with van der Waals surface area (Å²) in [6, 6.07) is 14.7. The Bertz CT molecular complexity index is 1130. The first-order valence-corrected chi connectivity index (χ1v) is 10.2. The molecule has 1 aliphatic heterocycles. The summed E-state index contributed by atoms with van der Waals surface area (Å²) in [5.74, 6) is 1.35. The van der Waals surface area contributed by atoms with E-state index in [0.717, 1.165) is 55.3 Å². The summed E-state index contributed by atoms with van der Waals surface area (Å²) in [4.78, 5) is 2.53. The zero-order valence-electron chi connectivity index (χ0n) is 16.9. The molecule has 1 fully saturated rings. The molecule has 0 atom stereocenters. The lowest BCUT2D eigenvalue weighted by atomic mass is 9.95. The van der Waals surface area contributed by atoms with Gasteiger partial charge in [-0.25, -0.2) is 0 Å². The minimum Gasteiger partial charge on any atom is -0.299 e. The molecule has 0 saturated carbocycles. The van der Waals surface area contributed by atoms with Gasteiger partial charge in [-0.1, -0.05) is 29.8 Å². The molecule has 1 saturated heterocycles. The van der Waals surface area contributed by atoms with E-state index >= 15 is 0 Å². The molecular weight excluding hydrogens is 362 g/mol. The highest BCUT2D eigenvalue weighted by molar-refractivity contribution is 5.55. The van der Waals surface area contributed by atoms with Gasteiger partial charge in [-0.2, -0.15) is 14.7 Å². The number of nitrogens with zero attached hydrogens (tertiary/aromatic N) is 7. The fourth-order valence-corrected chi connectivity index (χ4v) is 4.24. The van der Waals surface area contributed by atoms with Gasteiger partial charge in [0, 0.05) is 25.7 Å². The molecule has 29 heavy (non-hydrogen) atoms. The van der Waals surface area contributed by atoms with E-state index in [-0.39, 0.29) is 0 Å². The first-order valence-electron chi connectivity index (χ1n) is 10.2. The zero-order valence-corrected chi connectivity index (χ0v) is 16.9. The van der Waals surface area contributed by atoms with Gasteiger partial charge in [0.2, 0.25) is 0 Å². The molecule has 1 aromatic carbocycles. The molecule has 5 rings (SSSR count). The smallest absolute Gasteiger partial charge is 0.177 e. The third kappa shape index (κ3) is 3.53. The van der Waals surface area contributed by atoms with Crippen LogP contribution in [0.4, 0.5) is 0 Å². The van der Waals surface area contributed by atoms with E-state index in [1.54, 1.807) is 6.20 Å². The Hall–Kier alpha value is -3.06. The second-order valence-electron chi connectivity index (χ2n) is 7.93. The molecule has 0 aliphatic carbocycles. The number of aromatic nitrogens is 6. The first-order chi connectivity index (χ1) is 14.2. The largest absolute Gasteiger partial charge is 0.299 e. The highest BCUT2D eigenvalue weighted by Crippen LogP contribution is 2.28. The third-order valence-electron chi connectivity index (χ3n) is 5.81. The maximum absolute atomic E-state index is 4.83. The van der Waals surface area contributed by atoms with E-state index in [9.17, 15) is 0 Å². The van der Waals surface area contributed by atoms with Crippen LogP contribution >= 0.6 is 0 Å². The number of fused-ring (bicyclic) bond motifs is 1. The second-order valence-corrected chi connectivity index (χ2v) is 7.93. The topological polar surface area (TPSA) is 64.1 Å². The summed E-state index contributed by atoms with van der Waals surface area (Å²) in [5.41, 5.74) is 5.38.